The zero-order valence-electron chi connectivity index (χ0n) is 15.0. The molecular formula is C21H21NO5. The van der Waals surface area contributed by atoms with Gasteiger partial charge >= 0.3 is 5.97 Å². The van der Waals surface area contributed by atoms with Crippen LogP contribution < -0.4 is 10.1 Å². The average Bonchev–Trinajstić information content (AvgIpc) is 3.14. The molecule has 1 unspecified atom stereocenters. The lowest BCUT2D eigenvalue weighted by Crippen LogP contribution is -2.32. The van der Waals surface area contributed by atoms with E-state index in [1.165, 1.54) is 0 Å². The Labute approximate surface area is 156 Å². The minimum Gasteiger partial charge on any atom is -0.486 e. The van der Waals surface area contributed by atoms with E-state index in [1.54, 1.807) is 19.1 Å². The molecule has 0 radical (unpaired) electrons. The highest BCUT2D eigenvalue weighted by Gasteiger charge is 2.15. The minimum atomic E-state index is -0.887. The Morgan fingerprint density at radius 2 is 1.89 bits per heavy atom. The van der Waals surface area contributed by atoms with Crippen molar-refractivity contribution in [3.63, 3.8) is 0 Å². The summed E-state index contributed by atoms with van der Waals surface area (Å²) in [7, 11) is 0. The number of rotatable bonds is 8. The molecule has 0 fully saturated rings. The van der Waals surface area contributed by atoms with Crippen LogP contribution in [0, 0.1) is 0 Å². The summed E-state index contributed by atoms with van der Waals surface area (Å²) in [6.45, 7) is 1.97. The van der Waals surface area contributed by atoms with E-state index < -0.39 is 5.97 Å². The number of carbonyl (C=O) groups excluding carboxylic acids is 1. The molecule has 2 aromatic carbocycles. The fraction of sp³-hybridized carbons (Fsp3) is 0.238. The quantitative estimate of drug-likeness (QED) is 0.628. The molecule has 0 aliphatic carbocycles. The molecule has 0 aliphatic rings. The van der Waals surface area contributed by atoms with Gasteiger partial charge in [0.1, 0.15) is 18.1 Å². The van der Waals surface area contributed by atoms with Gasteiger partial charge in [-0.25, -0.2) is 0 Å². The predicted molar refractivity (Wildman–Crippen MR) is 101 cm³/mol. The van der Waals surface area contributed by atoms with Crippen molar-refractivity contribution in [2.24, 2.45) is 0 Å². The van der Waals surface area contributed by atoms with Crippen LogP contribution in [0.5, 0.6) is 5.75 Å². The number of aliphatic carboxylic acids is 1. The molecule has 1 amide bonds. The second kappa shape index (κ2) is 8.40. The topological polar surface area (TPSA) is 88.8 Å². The number of carboxylic acid groups (broad SMARTS) is 1. The van der Waals surface area contributed by atoms with Gasteiger partial charge in [0.15, 0.2) is 5.76 Å². The van der Waals surface area contributed by atoms with Crippen LogP contribution in [0.1, 0.15) is 36.1 Å². The number of furan rings is 1. The lowest BCUT2D eigenvalue weighted by atomic mass is 10.1. The summed E-state index contributed by atoms with van der Waals surface area (Å²) in [5.41, 5.74) is 0. The molecule has 3 aromatic rings. The molecule has 0 saturated heterocycles. The fourth-order valence-electron chi connectivity index (χ4n) is 2.70. The van der Waals surface area contributed by atoms with E-state index in [1.807, 2.05) is 42.5 Å². The van der Waals surface area contributed by atoms with Gasteiger partial charge in [-0.2, -0.15) is 0 Å². The Hall–Kier alpha value is -3.28. The van der Waals surface area contributed by atoms with Crippen molar-refractivity contribution in [3.8, 4) is 5.75 Å². The summed E-state index contributed by atoms with van der Waals surface area (Å²) in [5.74, 6) is 0.172. The third-order valence-electron chi connectivity index (χ3n) is 4.16. The SMILES string of the molecule is CC(CCC(=O)O)NC(=O)c1ccc(COc2ccc3ccccc3c2)o1. The molecule has 1 aromatic heterocycles. The van der Waals surface area contributed by atoms with Crippen molar-refractivity contribution in [2.45, 2.75) is 32.4 Å². The monoisotopic (exact) mass is 367 g/mol. The number of ether oxygens (including phenoxy) is 1. The van der Waals surface area contributed by atoms with Crippen molar-refractivity contribution in [1.29, 1.82) is 0 Å². The fourth-order valence-corrected chi connectivity index (χ4v) is 2.70. The van der Waals surface area contributed by atoms with Gasteiger partial charge in [-0.15, -0.1) is 0 Å². The van der Waals surface area contributed by atoms with Gasteiger partial charge in [-0.05, 0) is 48.4 Å². The zero-order valence-corrected chi connectivity index (χ0v) is 15.0. The average molecular weight is 367 g/mol. The first-order valence-electron chi connectivity index (χ1n) is 8.74. The zero-order chi connectivity index (χ0) is 19.2. The van der Waals surface area contributed by atoms with Crippen LogP contribution in [-0.2, 0) is 11.4 Å². The van der Waals surface area contributed by atoms with E-state index in [0.717, 1.165) is 16.5 Å². The molecule has 2 N–H and O–H groups in total. The van der Waals surface area contributed by atoms with Crippen LogP contribution in [-0.4, -0.2) is 23.0 Å². The number of hydrogen-bond acceptors (Lipinski definition) is 4. The number of carboxylic acids is 1. The largest absolute Gasteiger partial charge is 0.486 e. The summed E-state index contributed by atoms with van der Waals surface area (Å²) in [6, 6.07) is 16.9. The van der Waals surface area contributed by atoms with Crippen LogP contribution in [0.25, 0.3) is 10.8 Å². The molecule has 0 bridgehead atoms. The van der Waals surface area contributed by atoms with E-state index in [-0.39, 0.29) is 30.7 Å². The molecular weight excluding hydrogens is 346 g/mol. The van der Waals surface area contributed by atoms with Crippen LogP contribution in [0.15, 0.2) is 59.0 Å². The molecule has 6 heteroatoms. The Balaban J connectivity index is 1.55. The molecule has 0 spiro atoms. The van der Waals surface area contributed by atoms with E-state index in [9.17, 15) is 9.59 Å². The standard InChI is InChI=1S/C21H21NO5/c1-14(6-11-20(23)24)22-21(25)19-10-9-18(27-19)13-26-17-8-7-15-4-2-3-5-16(15)12-17/h2-5,7-10,12,14H,6,11,13H2,1H3,(H,22,25)(H,23,24). The highest BCUT2D eigenvalue weighted by atomic mass is 16.5. The van der Waals surface area contributed by atoms with Crippen LogP contribution in [0.3, 0.4) is 0 Å². The maximum atomic E-state index is 12.1. The van der Waals surface area contributed by atoms with Crippen molar-refractivity contribution in [1.82, 2.24) is 5.32 Å². The van der Waals surface area contributed by atoms with E-state index in [2.05, 4.69) is 5.32 Å². The summed E-state index contributed by atoms with van der Waals surface area (Å²) < 4.78 is 11.3. The van der Waals surface area contributed by atoms with Gasteiger partial charge in [-0.1, -0.05) is 30.3 Å². The Morgan fingerprint density at radius 1 is 1.11 bits per heavy atom. The summed E-state index contributed by atoms with van der Waals surface area (Å²) in [6.07, 6.45) is 0.365. The smallest absolute Gasteiger partial charge is 0.303 e. The Kier molecular flexibility index (Phi) is 5.76. The normalized spacial score (nSPS) is 11.9. The number of benzene rings is 2. The van der Waals surface area contributed by atoms with Gasteiger partial charge in [0.25, 0.3) is 5.91 Å². The van der Waals surface area contributed by atoms with E-state index in [4.69, 9.17) is 14.3 Å². The lowest BCUT2D eigenvalue weighted by molar-refractivity contribution is -0.137. The minimum absolute atomic E-state index is 0.00441. The second-order valence-corrected chi connectivity index (χ2v) is 6.37. The van der Waals surface area contributed by atoms with Crippen molar-refractivity contribution in [3.05, 3.63) is 66.1 Å². The van der Waals surface area contributed by atoms with Crippen LogP contribution in [0.4, 0.5) is 0 Å². The van der Waals surface area contributed by atoms with Crippen molar-refractivity contribution >= 4 is 22.6 Å². The van der Waals surface area contributed by atoms with Gasteiger partial charge in [0, 0.05) is 12.5 Å². The summed E-state index contributed by atoms with van der Waals surface area (Å²) in [4.78, 5) is 22.7. The lowest BCUT2D eigenvalue weighted by Gasteiger charge is -2.11. The third-order valence-corrected chi connectivity index (χ3v) is 4.16. The van der Waals surface area contributed by atoms with Gasteiger partial charge in [-0.3, -0.25) is 9.59 Å². The molecule has 6 nitrogen and oxygen atoms in total. The van der Waals surface area contributed by atoms with Crippen LogP contribution >= 0.6 is 0 Å². The van der Waals surface area contributed by atoms with Gasteiger partial charge in [0.05, 0.1) is 0 Å². The first kappa shape index (κ1) is 18.5. The maximum Gasteiger partial charge on any atom is 0.303 e. The number of hydrogen-bond donors (Lipinski definition) is 2. The number of carbonyl (C=O) groups is 2. The molecule has 0 saturated carbocycles. The van der Waals surface area contributed by atoms with Crippen molar-refractivity contribution in [2.75, 3.05) is 0 Å². The van der Waals surface area contributed by atoms with Crippen molar-refractivity contribution < 1.29 is 23.8 Å². The Morgan fingerprint density at radius 3 is 2.67 bits per heavy atom. The highest BCUT2D eigenvalue weighted by Crippen LogP contribution is 2.21. The molecule has 1 heterocycles. The molecule has 0 aliphatic heterocycles. The van der Waals surface area contributed by atoms with Gasteiger partial charge < -0.3 is 19.6 Å². The summed E-state index contributed by atoms with van der Waals surface area (Å²) in [5, 5.41) is 13.6. The Bertz CT molecular complexity index is 946. The molecule has 27 heavy (non-hydrogen) atoms. The molecule has 1 atom stereocenters. The summed E-state index contributed by atoms with van der Waals surface area (Å²) >= 11 is 0. The van der Waals surface area contributed by atoms with E-state index >= 15 is 0 Å². The number of nitrogens with one attached hydrogen (secondary N) is 1. The first-order chi connectivity index (χ1) is 13.0. The van der Waals surface area contributed by atoms with Gasteiger partial charge in [0.2, 0.25) is 0 Å². The third kappa shape index (κ3) is 5.10. The maximum absolute atomic E-state index is 12.1. The second-order valence-electron chi connectivity index (χ2n) is 6.37. The van der Waals surface area contributed by atoms with E-state index in [0.29, 0.717) is 12.2 Å². The molecule has 3 rings (SSSR count). The first-order valence-corrected chi connectivity index (χ1v) is 8.74. The highest BCUT2D eigenvalue weighted by molar-refractivity contribution is 5.91. The number of amides is 1. The number of fused-ring (bicyclic) bond motifs is 1. The van der Waals surface area contributed by atoms with Crippen LogP contribution in [0.2, 0.25) is 0 Å². The predicted octanol–water partition coefficient (Wildman–Crippen LogP) is 3.99. The molecule has 140 valence electrons.